The van der Waals surface area contributed by atoms with Crippen molar-refractivity contribution in [2.24, 2.45) is 16.6 Å². The van der Waals surface area contributed by atoms with Crippen LogP contribution in [0.2, 0.25) is 0 Å². The van der Waals surface area contributed by atoms with Crippen LogP contribution in [-0.4, -0.2) is 29.7 Å². The van der Waals surface area contributed by atoms with Gasteiger partial charge in [0.05, 0.1) is 0 Å². The fourth-order valence-electron chi connectivity index (χ4n) is 3.58. The first-order valence-corrected chi connectivity index (χ1v) is 8.72. The van der Waals surface area contributed by atoms with Crippen LogP contribution < -0.4 is 21.8 Å². The van der Waals surface area contributed by atoms with Gasteiger partial charge in [0.2, 0.25) is 5.96 Å². The van der Waals surface area contributed by atoms with Gasteiger partial charge in [0.1, 0.15) is 11.5 Å². The number of hydrogen-bond acceptors (Lipinski definition) is 6. The zero-order chi connectivity index (χ0) is 17.3. The third-order valence-corrected chi connectivity index (χ3v) is 4.98. The molecule has 0 spiro atoms. The lowest BCUT2D eigenvalue weighted by molar-refractivity contribution is 0.0883. The highest BCUT2D eigenvalue weighted by Crippen LogP contribution is 2.33. The molecule has 3 aliphatic rings. The van der Waals surface area contributed by atoms with Gasteiger partial charge in [-0.15, -0.1) is 0 Å². The molecule has 3 aliphatic heterocycles. The first-order chi connectivity index (χ1) is 12.1. The number of nitrogens with two attached hydrogens (primary N) is 1. The molecule has 0 amide bonds. The largest absolute Gasteiger partial charge is 0.325 e. The van der Waals surface area contributed by atoms with Crippen LogP contribution in [0.4, 0.5) is 10.1 Å². The van der Waals surface area contributed by atoms with Crippen molar-refractivity contribution in [2.75, 3.05) is 18.4 Å². The summed E-state index contributed by atoms with van der Waals surface area (Å²) in [6.45, 7) is 1.92. The molecule has 25 heavy (non-hydrogen) atoms. The van der Waals surface area contributed by atoms with Crippen LogP contribution in [0, 0.1) is 11.7 Å². The van der Waals surface area contributed by atoms with Gasteiger partial charge < -0.3 is 16.4 Å². The molecule has 5 N–H and O–H groups in total. The molecule has 3 heterocycles. The molecule has 0 radical (unpaired) electrons. The van der Waals surface area contributed by atoms with Crippen molar-refractivity contribution in [1.82, 2.24) is 15.8 Å². The molecule has 1 aromatic rings. The maximum absolute atomic E-state index is 13.1. The average Bonchev–Trinajstić information content (AvgIpc) is 2.83. The molecule has 7 heteroatoms. The van der Waals surface area contributed by atoms with E-state index in [1.807, 2.05) is 23.2 Å². The molecule has 4 rings (SSSR count). The minimum Gasteiger partial charge on any atom is -0.325 e. The van der Waals surface area contributed by atoms with Gasteiger partial charge in [-0.3, -0.25) is 5.43 Å². The summed E-state index contributed by atoms with van der Waals surface area (Å²) in [5.74, 6) is 1.37. The summed E-state index contributed by atoms with van der Waals surface area (Å²) in [5.41, 5.74) is 10.2. The summed E-state index contributed by atoms with van der Waals surface area (Å²) in [7, 11) is 0. The lowest BCUT2D eigenvalue weighted by Gasteiger charge is -2.44. The molecule has 0 saturated carbocycles. The zero-order valence-electron chi connectivity index (χ0n) is 14.0. The Balaban J connectivity index is 1.52. The van der Waals surface area contributed by atoms with Crippen molar-refractivity contribution in [2.45, 2.75) is 24.9 Å². The van der Waals surface area contributed by atoms with Crippen molar-refractivity contribution < 1.29 is 4.39 Å². The van der Waals surface area contributed by atoms with Crippen molar-refractivity contribution in [3.8, 4) is 0 Å². The lowest BCUT2D eigenvalue weighted by atomic mass is 9.87. The lowest BCUT2D eigenvalue weighted by Crippen LogP contribution is -2.64. The van der Waals surface area contributed by atoms with E-state index in [4.69, 9.17) is 5.73 Å². The van der Waals surface area contributed by atoms with Crippen LogP contribution in [0.25, 0.3) is 0 Å². The van der Waals surface area contributed by atoms with Gasteiger partial charge in [-0.1, -0.05) is 12.5 Å². The summed E-state index contributed by atoms with van der Waals surface area (Å²) in [5, 5.41) is 8.58. The number of guanidine groups is 1. The number of nitrogens with one attached hydrogen (secondary N) is 3. The Morgan fingerprint density at radius 3 is 2.96 bits per heavy atom. The molecule has 1 aromatic carbocycles. The Hall–Kier alpha value is -2.38. The van der Waals surface area contributed by atoms with Crippen LogP contribution >= 0.6 is 0 Å². The number of nitrogens with zero attached hydrogens (tertiary/aromatic N) is 2. The molecule has 6 nitrogen and oxygen atoms in total. The van der Waals surface area contributed by atoms with Gasteiger partial charge >= 0.3 is 0 Å². The molecule has 1 saturated heterocycles. The number of hydrazine groups is 1. The molecule has 0 bridgehead atoms. The summed E-state index contributed by atoms with van der Waals surface area (Å²) in [4.78, 5) is 4.58. The van der Waals surface area contributed by atoms with Crippen molar-refractivity contribution in [1.29, 1.82) is 0 Å². The summed E-state index contributed by atoms with van der Waals surface area (Å²) >= 11 is 0. The first kappa shape index (κ1) is 16.1. The van der Waals surface area contributed by atoms with E-state index < -0.39 is 5.66 Å². The maximum atomic E-state index is 13.1. The Morgan fingerprint density at radius 2 is 2.12 bits per heavy atom. The molecule has 0 aliphatic carbocycles. The number of benzene rings is 1. The van der Waals surface area contributed by atoms with Gasteiger partial charge in [0, 0.05) is 18.2 Å². The number of fused-ring (bicyclic) bond motifs is 1. The van der Waals surface area contributed by atoms with Crippen molar-refractivity contribution in [3.05, 3.63) is 54.1 Å². The molecular weight excluding hydrogens is 319 g/mol. The summed E-state index contributed by atoms with van der Waals surface area (Å²) in [6.07, 6.45) is 9.36. The van der Waals surface area contributed by atoms with E-state index in [-0.39, 0.29) is 11.7 Å². The SMILES string of the molecule is NC1(C2CCCCNC2)C=CC=C2N=C(Nc3ccc(F)cc3)NN21. The quantitative estimate of drug-likeness (QED) is 0.660. The van der Waals surface area contributed by atoms with Gasteiger partial charge in [-0.05, 0) is 55.8 Å². The highest BCUT2D eigenvalue weighted by atomic mass is 19.1. The fraction of sp³-hybridized carbons (Fsp3) is 0.389. The second-order valence-corrected chi connectivity index (χ2v) is 6.71. The van der Waals surface area contributed by atoms with Crippen LogP contribution in [0.5, 0.6) is 0 Å². The normalized spacial score (nSPS) is 28.6. The van der Waals surface area contributed by atoms with E-state index in [0.717, 1.165) is 31.0 Å². The van der Waals surface area contributed by atoms with E-state index >= 15 is 0 Å². The molecule has 0 aromatic heterocycles. The first-order valence-electron chi connectivity index (χ1n) is 8.72. The van der Waals surface area contributed by atoms with Crippen molar-refractivity contribution in [3.63, 3.8) is 0 Å². The molecular formula is C18H23FN6. The van der Waals surface area contributed by atoms with Crippen LogP contribution in [-0.2, 0) is 0 Å². The van der Waals surface area contributed by atoms with E-state index in [9.17, 15) is 4.39 Å². The monoisotopic (exact) mass is 342 g/mol. The predicted molar refractivity (Wildman–Crippen MR) is 96.8 cm³/mol. The molecule has 2 unspecified atom stereocenters. The van der Waals surface area contributed by atoms with Crippen molar-refractivity contribution >= 4 is 11.6 Å². The van der Waals surface area contributed by atoms with Gasteiger partial charge in [-0.2, -0.15) is 4.99 Å². The predicted octanol–water partition coefficient (Wildman–Crippen LogP) is 1.87. The number of halogens is 1. The van der Waals surface area contributed by atoms with Gasteiger partial charge in [0.25, 0.3) is 0 Å². The van der Waals surface area contributed by atoms with E-state index in [2.05, 4.69) is 21.1 Å². The second kappa shape index (κ2) is 6.50. The topological polar surface area (TPSA) is 77.7 Å². The molecule has 132 valence electrons. The third-order valence-electron chi connectivity index (χ3n) is 4.98. The van der Waals surface area contributed by atoms with E-state index in [1.165, 1.54) is 25.0 Å². The van der Waals surface area contributed by atoms with Crippen LogP contribution in [0.15, 0.2) is 53.3 Å². The maximum Gasteiger partial charge on any atom is 0.221 e. The third kappa shape index (κ3) is 3.12. The van der Waals surface area contributed by atoms with Gasteiger partial charge in [-0.25, -0.2) is 9.40 Å². The zero-order valence-corrected chi connectivity index (χ0v) is 14.0. The fourth-order valence-corrected chi connectivity index (χ4v) is 3.58. The smallest absolute Gasteiger partial charge is 0.221 e. The van der Waals surface area contributed by atoms with Crippen LogP contribution in [0.1, 0.15) is 19.3 Å². The Labute approximate surface area is 146 Å². The van der Waals surface area contributed by atoms with E-state index in [0.29, 0.717) is 5.96 Å². The summed E-state index contributed by atoms with van der Waals surface area (Å²) < 4.78 is 13.1. The minimum atomic E-state index is -0.642. The average molecular weight is 342 g/mol. The highest BCUT2D eigenvalue weighted by Gasteiger charge is 2.43. The van der Waals surface area contributed by atoms with Crippen LogP contribution in [0.3, 0.4) is 0 Å². The highest BCUT2D eigenvalue weighted by molar-refractivity contribution is 5.95. The number of anilines is 1. The molecule has 1 fully saturated rings. The number of hydrogen-bond donors (Lipinski definition) is 4. The Morgan fingerprint density at radius 1 is 1.28 bits per heavy atom. The number of allylic oxidation sites excluding steroid dienone is 2. The minimum absolute atomic E-state index is 0.266. The Kier molecular flexibility index (Phi) is 4.19. The summed E-state index contributed by atoms with van der Waals surface area (Å²) in [6, 6.07) is 6.18. The van der Waals surface area contributed by atoms with Gasteiger partial charge in [0.15, 0.2) is 5.82 Å². The standard InChI is InChI=1S/C18H23FN6/c19-14-6-8-15(9-7-14)22-17-23-16-5-3-10-18(20,25(16)24-17)13-4-1-2-11-21-12-13/h3,5-10,13,21H,1-2,4,11-12,20H2,(H2,22,23,24). The molecule has 2 atom stereocenters. The number of rotatable bonds is 2. The number of aliphatic imine (C=N–C) groups is 1. The van der Waals surface area contributed by atoms with E-state index in [1.54, 1.807) is 12.1 Å². The Bertz CT molecular complexity index is 718. The second-order valence-electron chi connectivity index (χ2n) is 6.71.